The lowest BCUT2D eigenvalue weighted by molar-refractivity contribution is -0.145. The first-order valence-corrected chi connectivity index (χ1v) is 17.5. The number of nitrogens with two attached hydrogens (primary N) is 2. The Hall–Kier alpha value is -4.87. The predicted molar refractivity (Wildman–Crippen MR) is 196 cm³/mol. The molecule has 4 rings (SSSR count). The molecule has 290 valence electrons. The molecule has 16 heteroatoms. The smallest absolute Gasteiger partial charge is 0.325 e. The van der Waals surface area contributed by atoms with Gasteiger partial charge in [-0.3, -0.25) is 24.0 Å². The number of benzene rings is 2. The highest BCUT2D eigenvalue weighted by Gasteiger charge is 2.36. The molecule has 16 nitrogen and oxygen atoms in total. The Labute approximate surface area is 309 Å². The normalized spacial score (nSPS) is 26.9. The van der Waals surface area contributed by atoms with E-state index in [2.05, 4.69) is 21.3 Å². The predicted octanol–water partition coefficient (Wildman–Crippen LogP) is -1.21. The Balaban J connectivity index is 1.97. The van der Waals surface area contributed by atoms with Gasteiger partial charge in [-0.1, -0.05) is 42.5 Å². The lowest BCUT2D eigenvalue weighted by Gasteiger charge is -2.32. The molecule has 2 aromatic carbocycles. The fourth-order valence-corrected chi connectivity index (χ4v) is 5.41. The van der Waals surface area contributed by atoms with Crippen molar-refractivity contribution < 1.29 is 43.7 Å². The number of esters is 1. The highest BCUT2D eigenvalue weighted by Crippen LogP contribution is 2.24. The topological polar surface area (TPSA) is 248 Å². The van der Waals surface area contributed by atoms with Crippen LogP contribution in [-0.2, 0) is 35.1 Å². The molecule has 0 saturated carbocycles. The molecule has 2 aromatic rings. The van der Waals surface area contributed by atoms with E-state index in [4.69, 9.17) is 20.9 Å². The van der Waals surface area contributed by atoms with Gasteiger partial charge in [0, 0.05) is 26.1 Å². The molecule has 0 spiro atoms. The molecule has 2 bridgehead atoms. The van der Waals surface area contributed by atoms with Crippen LogP contribution < -0.4 is 37.5 Å². The maximum Gasteiger partial charge on any atom is 0.325 e. The van der Waals surface area contributed by atoms with Crippen molar-refractivity contribution in [2.24, 2.45) is 11.5 Å². The van der Waals surface area contributed by atoms with Gasteiger partial charge < -0.3 is 57.3 Å². The van der Waals surface area contributed by atoms with Gasteiger partial charge in [0.15, 0.2) is 0 Å². The van der Waals surface area contributed by atoms with Gasteiger partial charge in [-0.15, -0.1) is 0 Å². The Morgan fingerprint density at radius 1 is 1.02 bits per heavy atom. The summed E-state index contributed by atoms with van der Waals surface area (Å²) in [5.74, 6) is -3.22. The first-order valence-electron chi connectivity index (χ1n) is 17.5. The average Bonchev–Trinajstić information content (AvgIpc) is 3.14. The van der Waals surface area contributed by atoms with Crippen LogP contribution in [0.3, 0.4) is 0 Å². The minimum absolute atomic E-state index is 0.00102. The second-order valence-electron chi connectivity index (χ2n) is 13.1. The molecule has 2 heterocycles. The van der Waals surface area contributed by atoms with Gasteiger partial charge in [-0.25, -0.2) is 0 Å². The summed E-state index contributed by atoms with van der Waals surface area (Å²) in [7, 11) is 1.44. The Morgan fingerprint density at radius 2 is 1.70 bits per heavy atom. The van der Waals surface area contributed by atoms with Crippen molar-refractivity contribution >= 4 is 29.6 Å². The zero-order valence-electron chi connectivity index (χ0n) is 30.6. The number of amides is 4. The van der Waals surface area contributed by atoms with Gasteiger partial charge in [-0.05, 0) is 69.6 Å². The van der Waals surface area contributed by atoms with E-state index in [1.54, 1.807) is 62.4 Å². The van der Waals surface area contributed by atoms with Crippen molar-refractivity contribution in [1.82, 2.24) is 26.2 Å². The Morgan fingerprint density at radius 3 is 2.34 bits per heavy atom. The zero-order chi connectivity index (χ0) is 39.1. The third-order valence-corrected chi connectivity index (χ3v) is 8.75. The Kier molecular flexibility index (Phi) is 16.4. The van der Waals surface area contributed by atoms with Crippen LogP contribution in [0.25, 0.3) is 0 Å². The van der Waals surface area contributed by atoms with E-state index in [9.17, 15) is 34.2 Å². The summed E-state index contributed by atoms with van der Waals surface area (Å²) in [6.45, 7) is 4.64. The van der Waals surface area contributed by atoms with Crippen LogP contribution in [0.1, 0.15) is 44.4 Å². The maximum absolute atomic E-state index is 13.8. The number of nitrogens with one attached hydrogen (secondary N) is 4. The molecule has 53 heavy (non-hydrogen) atoms. The van der Waals surface area contributed by atoms with Crippen LogP contribution in [0.2, 0.25) is 0 Å². The summed E-state index contributed by atoms with van der Waals surface area (Å²) >= 11 is 0. The van der Waals surface area contributed by atoms with Crippen LogP contribution >= 0.6 is 0 Å². The number of carbonyl (C=O) groups excluding carboxylic acids is 5. The van der Waals surface area contributed by atoms with Gasteiger partial charge >= 0.3 is 5.97 Å². The number of carbonyl (C=O) groups is 5. The number of likely N-dealkylation sites (N-methyl/N-ethyl adjacent to an activating group) is 1. The largest absolute Gasteiger partial charge is 0.487 e. The lowest BCUT2D eigenvalue weighted by Crippen LogP contribution is -2.59. The summed E-state index contributed by atoms with van der Waals surface area (Å²) in [4.78, 5) is 67.1. The lowest BCUT2D eigenvalue weighted by atomic mass is 9.96. The quantitative estimate of drug-likeness (QED) is 0.0904. The second-order valence-corrected chi connectivity index (χ2v) is 13.1. The van der Waals surface area contributed by atoms with Crippen molar-refractivity contribution in [3.05, 3.63) is 77.9 Å². The summed E-state index contributed by atoms with van der Waals surface area (Å²) in [6, 6.07) is 10.8. The number of hydrogen-bond donors (Lipinski definition) is 8. The first kappa shape index (κ1) is 42.5. The van der Waals surface area contributed by atoms with Crippen LogP contribution in [-0.4, -0.2) is 120 Å². The second kappa shape index (κ2) is 20.4. The molecular weight excluding hydrogens is 686 g/mol. The SMILES string of the molecule is C[C@@H]1COC(=O)CNC(=O)/C=C/[C@](O)(CNCCCN)[C@@H](C)Oc2ccc(cc2)[C@H](N)C(=O)N(C)[C@@H](Cc2ccccc2)C(=O)N[C@H]([C@@H](C)O)C(=O)N1. The van der Waals surface area contributed by atoms with Crippen molar-refractivity contribution in [2.45, 2.75) is 75.6 Å². The van der Waals surface area contributed by atoms with Crippen molar-refractivity contribution in [1.29, 1.82) is 0 Å². The zero-order valence-corrected chi connectivity index (χ0v) is 30.6. The maximum atomic E-state index is 13.8. The molecule has 2 aliphatic heterocycles. The third-order valence-electron chi connectivity index (χ3n) is 8.75. The third kappa shape index (κ3) is 12.9. The molecule has 0 aromatic heterocycles. The minimum Gasteiger partial charge on any atom is -0.487 e. The number of rotatable bonds is 8. The molecule has 7 atom stereocenters. The monoisotopic (exact) mass is 739 g/mol. The molecule has 4 amide bonds. The Bertz CT molecular complexity index is 1560. The van der Waals surface area contributed by atoms with Gasteiger partial charge in [0.1, 0.15) is 48.7 Å². The van der Waals surface area contributed by atoms with Crippen LogP contribution in [0.4, 0.5) is 0 Å². The number of hydrogen-bond acceptors (Lipinski definition) is 12. The summed E-state index contributed by atoms with van der Waals surface area (Å²) in [5.41, 5.74) is 11.5. The highest BCUT2D eigenvalue weighted by atomic mass is 16.5. The number of ether oxygens (including phenoxy) is 2. The van der Waals surface area contributed by atoms with Gasteiger partial charge in [0.05, 0.1) is 12.1 Å². The fraction of sp³-hybridized carbons (Fsp3) is 0.486. The fourth-order valence-electron chi connectivity index (χ4n) is 5.41. The molecule has 0 saturated heterocycles. The first-order chi connectivity index (χ1) is 25.1. The van der Waals surface area contributed by atoms with E-state index in [1.807, 2.05) is 6.07 Å². The van der Waals surface area contributed by atoms with Gasteiger partial charge in [0.25, 0.3) is 0 Å². The average molecular weight is 740 g/mol. The molecule has 0 fully saturated rings. The van der Waals surface area contributed by atoms with E-state index in [1.165, 1.54) is 24.9 Å². The van der Waals surface area contributed by atoms with Crippen molar-refractivity contribution in [3.63, 3.8) is 0 Å². The molecule has 0 radical (unpaired) electrons. The summed E-state index contributed by atoms with van der Waals surface area (Å²) in [6.07, 6.45) is 0.828. The molecule has 10 N–H and O–H groups in total. The van der Waals surface area contributed by atoms with Crippen LogP contribution in [0.5, 0.6) is 5.75 Å². The summed E-state index contributed by atoms with van der Waals surface area (Å²) < 4.78 is 11.2. The number of fused-ring (bicyclic) bond motifs is 21. The molecule has 0 unspecified atom stereocenters. The number of aliphatic hydroxyl groups excluding tert-OH is 1. The van der Waals surface area contributed by atoms with E-state index < -0.39 is 78.1 Å². The van der Waals surface area contributed by atoms with E-state index in [-0.39, 0.29) is 19.6 Å². The standard InChI is InChI=1S/C37H53N7O9/c1-23-21-52-31(47)20-41-30(46)15-16-37(51,22-40-18-8-17-38)25(3)53-28-13-11-27(12-14-28)32(39)36(50)44(4)29(19-26-9-6-5-7-10-26)34(48)43-33(24(2)45)35(49)42-23/h5-7,9-16,23-25,29,32-33,40,45,51H,8,17-22,38-39H2,1-4H3,(H,41,46)(H,42,49)(H,43,48)/b16-15+/t23-,24-,25-,29+,32+,33-,37+/m1/s1. The molecular formula is C37H53N7O9. The molecule has 0 aliphatic carbocycles. The van der Waals surface area contributed by atoms with Crippen molar-refractivity contribution in [2.75, 3.05) is 39.8 Å². The van der Waals surface area contributed by atoms with Crippen molar-refractivity contribution in [3.8, 4) is 5.75 Å². The molecule has 2 aliphatic rings. The number of aliphatic hydroxyl groups is 2. The van der Waals surface area contributed by atoms with E-state index >= 15 is 0 Å². The van der Waals surface area contributed by atoms with E-state index in [0.717, 1.165) is 11.6 Å². The highest BCUT2D eigenvalue weighted by molar-refractivity contribution is 5.94. The summed E-state index contributed by atoms with van der Waals surface area (Å²) in [5, 5.41) is 32.8. The van der Waals surface area contributed by atoms with E-state index in [0.29, 0.717) is 30.8 Å². The van der Waals surface area contributed by atoms with Crippen LogP contribution in [0.15, 0.2) is 66.7 Å². The number of nitrogens with zero attached hydrogens (tertiary/aromatic N) is 1. The van der Waals surface area contributed by atoms with Gasteiger partial charge in [0.2, 0.25) is 23.6 Å². The van der Waals surface area contributed by atoms with Gasteiger partial charge in [-0.2, -0.15) is 0 Å². The minimum atomic E-state index is -1.70. The van der Waals surface area contributed by atoms with Crippen LogP contribution in [0, 0.1) is 0 Å².